The van der Waals surface area contributed by atoms with E-state index >= 15 is 0 Å². The summed E-state index contributed by atoms with van der Waals surface area (Å²) in [4.78, 5) is 29.6. The van der Waals surface area contributed by atoms with Gasteiger partial charge in [0.15, 0.2) is 0 Å². The maximum absolute atomic E-state index is 12.5. The first kappa shape index (κ1) is 24.0. The number of piperidine rings is 1. The lowest BCUT2D eigenvalue weighted by molar-refractivity contribution is 0.0973. The Morgan fingerprint density at radius 2 is 1.94 bits per heavy atom. The van der Waals surface area contributed by atoms with Gasteiger partial charge in [-0.1, -0.05) is 35.5 Å². The highest BCUT2D eigenvalue weighted by molar-refractivity contribution is 7.99. The Kier molecular flexibility index (Phi) is 6.93. The van der Waals surface area contributed by atoms with Crippen molar-refractivity contribution >= 4 is 40.9 Å². The Morgan fingerprint density at radius 1 is 1.17 bits per heavy atom. The fraction of sp³-hybridized carbons (Fsp3) is 0.360. The van der Waals surface area contributed by atoms with Crippen molar-refractivity contribution in [3.63, 3.8) is 0 Å². The monoisotopic (exact) mass is 510 g/mol. The van der Waals surface area contributed by atoms with Crippen LogP contribution >= 0.6 is 23.4 Å². The molecule has 1 aromatic carbocycles. The zero-order valence-electron chi connectivity index (χ0n) is 19.4. The number of hydrogen-bond donors (Lipinski definition) is 2. The van der Waals surface area contributed by atoms with Gasteiger partial charge in [-0.05, 0) is 44.0 Å². The zero-order valence-corrected chi connectivity index (χ0v) is 20.9. The molecule has 1 amide bonds. The van der Waals surface area contributed by atoms with Gasteiger partial charge >= 0.3 is 0 Å². The van der Waals surface area contributed by atoms with Crippen LogP contribution in [0.2, 0.25) is 5.02 Å². The molecule has 2 saturated heterocycles. The number of nitrogens with one attached hydrogen (secondary N) is 1. The van der Waals surface area contributed by atoms with E-state index < -0.39 is 0 Å². The highest BCUT2D eigenvalue weighted by atomic mass is 35.5. The van der Waals surface area contributed by atoms with Gasteiger partial charge in [-0.25, -0.2) is 9.97 Å². The quantitative estimate of drug-likeness (QED) is 0.524. The van der Waals surface area contributed by atoms with E-state index in [9.17, 15) is 4.79 Å². The fourth-order valence-electron chi connectivity index (χ4n) is 4.65. The molecule has 0 saturated carbocycles. The maximum Gasteiger partial charge on any atom is 0.274 e. The van der Waals surface area contributed by atoms with Crippen LogP contribution in [0.1, 0.15) is 30.3 Å². The van der Waals surface area contributed by atoms with Gasteiger partial charge in [-0.15, -0.1) is 0 Å². The first-order valence-corrected chi connectivity index (χ1v) is 12.8. The topological polar surface area (TPSA) is 106 Å². The number of aromatic nitrogens is 3. The number of nitrogens with zero attached hydrogens (tertiary/aromatic N) is 4. The molecule has 2 aliphatic heterocycles. The lowest BCUT2D eigenvalue weighted by Gasteiger charge is -2.41. The molecule has 0 bridgehead atoms. The van der Waals surface area contributed by atoms with Gasteiger partial charge in [0.1, 0.15) is 5.69 Å². The third-order valence-electron chi connectivity index (χ3n) is 6.84. The van der Waals surface area contributed by atoms with Crippen LogP contribution in [-0.2, 0) is 4.74 Å². The van der Waals surface area contributed by atoms with E-state index in [4.69, 9.17) is 22.1 Å². The molecule has 2 fully saturated rings. The highest BCUT2D eigenvalue weighted by Gasteiger charge is 2.47. The molecule has 182 valence electrons. The summed E-state index contributed by atoms with van der Waals surface area (Å²) in [6.45, 7) is 4.52. The Labute approximate surface area is 213 Å². The first-order valence-electron chi connectivity index (χ1n) is 11.6. The van der Waals surface area contributed by atoms with Crippen molar-refractivity contribution in [1.29, 1.82) is 0 Å². The number of hydrogen-bond acceptors (Lipinski definition) is 8. The molecule has 0 unspecified atom stereocenters. The fourth-order valence-corrected chi connectivity index (χ4v) is 5.75. The lowest BCUT2D eigenvalue weighted by Crippen LogP contribution is -2.50. The second-order valence-corrected chi connectivity index (χ2v) is 10.5. The average molecular weight is 511 g/mol. The molecular formula is C25H27ClN6O2S. The van der Waals surface area contributed by atoms with Crippen molar-refractivity contribution in [2.75, 3.05) is 29.9 Å². The third-order valence-corrected chi connectivity index (χ3v) is 8.37. The summed E-state index contributed by atoms with van der Waals surface area (Å²) < 4.78 is 5.82. The Hall–Kier alpha value is -2.72. The van der Waals surface area contributed by atoms with Crippen LogP contribution in [0.3, 0.4) is 0 Å². The van der Waals surface area contributed by atoms with Crippen molar-refractivity contribution in [2.45, 2.75) is 41.7 Å². The van der Waals surface area contributed by atoms with Crippen LogP contribution in [0.4, 0.5) is 11.6 Å². The summed E-state index contributed by atoms with van der Waals surface area (Å²) in [7, 11) is 0. The second-order valence-electron chi connectivity index (χ2n) is 9.00. The number of ether oxygens (including phenoxy) is 1. The lowest BCUT2D eigenvalue weighted by atomic mass is 9.73. The normalized spacial score (nSPS) is 21.3. The van der Waals surface area contributed by atoms with Crippen LogP contribution < -0.4 is 16.0 Å². The van der Waals surface area contributed by atoms with E-state index in [2.05, 4.69) is 32.1 Å². The maximum atomic E-state index is 12.5. The van der Waals surface area contributed by atoms with Gasteiger partial charge in [-0.2, -0.15) is 0 Å². The van der Waals surface area contributed by atoms with Crippen molar-refractivity contribution in [1.82, 2.24) is 15.0 Å². The van der Waals surface area contributed by atoms with Crippen LogP contribution in [0.15, 0.2) is 64.8 Å². The molecule has 4 heterocycles. The van der Waals surface area contributed by atoms with Crippen LogP contribution in [-0.4, -0.2) is 52.7 Å². The zero-order chi connectivity index (χ0) is 24.4. The Balaban J connectivity index is 1.22. The molecule has 5 rings (SSSR count). The van der Waals surface area contributed by atoms with Gasteiger partial charge < -0.3 is 20.7 Å². The van der Waals surface area contributed by atoms with E-state index in [1.807, 2.05) is 12.1 Å². The molecule has 1 spiro atoms. The number of halogens is 1. The molecule has 8 nitrogen and oxygen atoms in total. The Morgan fingerprint density at radius 3 is 2.60 bits per heavy atom. The van der Waals surface area contributed by atoms with Crippen LogP contribution in [0.5, 0.6) is 0 Å². The van der Waals surface area contributed by atoms with Crippen LogP contribution in [0.25, 0.3) is 0 Å². The summed E-state index contributed by atoms with van der Waals surface area (Å²) in [5, 5.41) is 3.28. The van der Waals surface area contributed by atoms with E-state index in [1.165, 1.54) is 11.8 Å². The number of carbonyl (C=O) groups is 1. The van der Waals surface area contributed by atoms with E-state index in [-0.39, 0.29) is 23.5 Å². The molecule has 2 aromatic heterocycles. The standard InChI is InChI=1S/C25H27ClN6O2S/c1-16-22(27)25(15-34-16)8-11-32(12-9-25)24-29-13-17(14-30-24)35-20-7-4-6-18(21(20)26)31-23(33)19-5-2-3-10-28-19/h2-7,10,13-14,16,22H,8-9,11-12,15,27H2,1H3,(H,31,33)/t16-,22-/m0/s1. The van der Waals surface area contributed by atoms with E-state index in [1.54, 1.807) is 42.9 Å². The van der Waals surface area contributed by atoms with Gasteiger partial charge in [0, 0.05) is 52.9 Å². The van der Waals surface area contributed by atoms with Gasteiger partial charge in [0.05, 0.1) is 23.4 Å². The van der Waals surface area contributed by atoms with Gasteiger partial charge in [-0.3, -0.25) is 9.78 Å². The number of rotatable bonds is 5. The molecule has 2 aliphatic rings. The summed E-state index contributed by atoms with van der Waals surface area (Å²) in [6, 6.07) is 10.8. The summed E-state index contributed by atoms with van der Waals surface area (Å²) >= 11 is 8.05. The predicted molar refractivity (Wildman–Crippen MR) is 137 cm³/mol. The van der Waals surface area contributed by atoms with Crippen LogP contribution in [0, 0.1) is 5.41 Å². The number of anilines is 2. The SMILES string of the molecule is C[C@@H]1OCC2(CCN(c3ncc(Sc4cccc(NC(=O)c5ccccn5)c4Cl)cn3)CC2)[C@H]1N. The Bertz CT molecular complexity index is 1190. The number of carbonyl (C=O) groups excluding carboxylic acids is 1. The summed E-state index contributed by atoms with van der Waals surface area (Å²) in [6.07, 6.45) is 7.25. The molecular weight excluding hydrogens is 484 g/mol. The van der Waals surface area contributed by atoms with Gasteiger partial charge in [0.2, 0.25) is 5.95 Å². The number of benzene rings is 1. The number of nitrogens with two attached hydrogens (primary N) is 1. The minimum absolute atomic E-state index is 0.0689. The van der Waals surface area contributed by atoms with Crippen molar-refractivity contribution in [2.24, 2.45) is 11.1 Å². The van der Waals surface area contributed by atoms with Crippen molar-refractivity contribution < 1.29 is 9.53 Å². The molecule has 2 atom stereocenters. The molecule has 0 radical (unpaired) electrons. The van der Waals surface area contributed by atoms with E-state index in [0.717, 1.165) is 42.3 Å². The van der Waals surface area contributed by atoms with E-state index in [0.29, 0.717) is 22.4 Å². The summed E-state index contributed by atoms with van der Waals surface area (Å²) in [5.74, 6) is 0.400. The minimum atomic E-state index is -0.315. The number of pyridine rings is 1. The van der Waals surface area contributed by atoms with Gasteiger partial charge in [0.25, 0.3) is 5.91 Å². The smallest absolute Gasteiger partial charge is 0.274 e. The molecule has 3 N–H and O–H groups in total. The second kappa shape index (κ2) is 10.1. The van der Waals surface area contributed by atoms with Crippen molar-refractivity contribution in [3.05, 3.63) is 65.7 Å². The highest BCUT2D eigenvalue weighted by Crippen LogP contribution is 2.42. The predicted octanol–water partition coefficient (Wildman–Crippen LogP) is 4.26. The minimum Gasteiger partial charge on any atom is -0.376 e. The number of amides is 1. The summed E-state index contributed by atoms with van der Waals surface area (Å²) in [5.41, 5.74) is 7.35. The molecule has 0 aliphatic carbocycles. The average Bonchev–Trinajstić information content (AvgIpc) is 3.16. The molecule has 10 heteroatoms. The first-order chi connectivity index (χ1) is 16.9. The van der Waals surface area contributed by atoms with Crippen molar-refractivity contribution in [3.8, 4) is 0 Å². The third kappa shape index (κ3) is 4.99. The molecule has 35 heavy (non-hydrogen) atoms. The molecule has 3 aromatic rings. The largest absolute Gasteiger partial charge is 0.376 e.